The molecule has 4 heteroatoms. The standard InChI is InChI=1S/C14H26O2Si2/c1-17(2,3)15-11-13-7-9-14(10-8-13)12-16-18(4,5)6/h7-10H,11-12H2,1-6H3. The van der Waals surface area contributed by atoms with E-state index >= 15 is 0 Å². The van der Waals surface area contributed by atoms with Crippen LogP contribution in [0.25, 0.3) is 0 Å². The Hall–Kier alpha value is -0.426. The zero-order valence-electron chi connectivity index (χ0n) is 12.5. The largest absolute Gasteiger partial charge is 0.413 e. The van der Waals surface area contributed by atoms with Gasteiger partial charge in [0, 0.05) is 0 Å². The molecule has 1 aromatic carbocycles. The van der Waals surface area contributed by atoms with E-state index in [1.54, 1.807) is 0 Å². The van der Waals surface area contributed by atoms with Crippen LogP contribution in [0.2, 0.25) is 39.3 Å². The van der Waals surface area contributed by atoms with E-state index in [2.05, 4.69) is 63.5 Å². The molecule has 0 amide bonds. The van der Waals surface area contributed by atoms with Gasteiger partial charge in [-0.15, -0.1) is 0 Å². The Morgan fingerprint density at radius 1 is 0.667 bits per heavy atom. The zero-order chi connectivity index (χ0) is 13.8. The Kier molecular flexibility index (Phi) is 5.34. The monoisotopic (exact) mass is 282 g/mol. The molecule has 102 valence electrons. The van der Waals surface area contributed by atoms with Crippen LogP contribution in [-0.2, 0) is 22.1 Å². The van der Waals surface area contributed by atoms with Gasteiger partial charge in [0.15, 0.2) is 16.6 Å². The Balaban J connectivity index is 2.48. The molecule has 0 saturated heterocycles. The predicted molar refractivity (Wildman–Crippen MR) is 82.7 cm³/mol. The summed E-state index contributed by atoms with van der Waals surface area (Å²) in [5, 5.41) is 0. The van der Waals surface area contributed by atoms with Crippen molar-refractivity contribution >= 4 is 16.6 Å². The van der Waals surface area contributed by atoms with E-state index in [9.17, 15) is 0 Å². The highest BCUT2D eigenvalue weighted by atomic mass is 28.4. The highest BCUT2D eigenvalue weighted by molar-refractivity contribution is 6.70. The fraction of sp³-hybridized carbons (Fsp3) is 0.571. The highest BCUT2D eigenvalue weighted by Gasteiger charge is 2.15. The summed E-state index contributed by atoms with van der Waals surface area (Å²) < 4.78 is 11.8. The van der Waals surface area contributed by atoms with Gasteiger partial charge in [-0.1, -0.05) is 24.3 Å². The van der Waals surface area contributed by atoms with Crippen LogP contribution in [0.5, 0.6) is 0 Å². The second-order valence-corrected chi connectivity index (χ2v) is 15.6. The maximum Gasteiger partial charge on any atom is 0.184 e. The maximum absolute atomic E-state index is 5.88. The summed E-state index contributed by atoms with van der Waals surface area (Å²) in [6.45, 7) is 14.7. The van der Waals surface area contributed by atoms with Gasteiger partial charge in [-0.05, 0) is 50.4 Å². The van der Waals surface area contributed by atoms with Crippen LogP contribution in [0, 0.1) is 0 Å². The van der Waals surface area contributed by atoms with Gasteiger partial charge in [-0.3, -0.25) is 0 Å². The molecule has 2 nitrogen and oxygen atoms in total. The lowest BCUT2D eigenvalue weighted by atomic mass is 10.1. The Labute approximate surface area is 114 Å². The molecular formula is C14H26O2Si2. The van der Waals surface area contributed by atoms with Crippen LogP contribution in [0.15, 0.2) is 24.3 Å². The van der Waals surface area contributed by atoms with Gasteiger partial charge in [0.1, 0.15) is 0 Å². The van der Waals surface area contributed by atoms with Crippen LogP contribution >= 0.6 is 0 Å². The van der Waals surface area contributed by atoms with Crippen LogP contribution in [0.3, 0.4) is 0 Å². The molecule has 0 aromatic heterocycles. The zero-order valence-corrected chi connectivity index (χ0v) is 14.5. The summed E-state index contributed by atoms with van der Waals surface area (Å²) in [6, 6.07) is 8.57. The van der Waals surface area contributed by atoms with Crippen molar-refractivity contribution in [3.05, 3.63) is 35.4 Å². The first kappa shape index (κ1) is 15.6. The molecule has 0 saturated carbocycles. The Morgan fingerprint density at radius 3 is 1.17 bits per heavy atom. The van der Waals surface area contributed by atoms with Crippen molar-refractivity contribution in [1.29, 1.82) is 0 Å². The van der Waals surface area contributed by atoms with Crippen molar-refractivity contribution < 1.29 is 8.85 Å². The predicted octanol–water partition coefficient (Wildman–Crippen LogP) is 4.39. The lowest BCUT2D eigenvalue weighted by Crippen LogP contribution is -2.25. The van der Waals surface area contributed by atoms with Gasteiger partial charge in [-0.25, -0.2) is 0 Å². The quantitative estimate of drug-likeness (QED) is 0.720. The molecule has 0 aliphatic heterocycles. The van der Waals surface area contributed by atoms with Crippen LogP contribution < -0.4 is 0 Å². The average molecular weight is 283 g/mol. The lowest BCUT2D eigenvalue weighted by Gasteiger charge is -2.18. The number of benzene rings is 1. The second-order valence-electron chi connectivity index (χ2n) is 6.62. The molecule has 0 atom stereocenters. The number of hydrogen-bond donors (Lipinski definition) is 0. The first-order chi connectivity index (χ1) is 8.16. The normalized spacial score (nSPS) is 12.8. The van der Waals surface area contributed by atoms with Crippen molar-refractivity contribution in [2.45, 2.75) is 52.5 Å². The number of hydrogen-bond acceptors (Lipinski definition) is 2. The van der Waals surface area contributed by atoms with E-state index in [1.807, 2.05) is 0 Å². The lowest BCUT2D eigenvalue weighted by molar-refractivity contribution is 0.296. The van der Waals surface area contributed by atoms with Crippen molar-refractivity contribution in [1.82, 2.24) is 0 Å². The maximum atomic E-state index is 5.88. The summed E-state index contributed by atoms with van der Waals surface area (Å²) in [6.07, 6.45) is 0. The minimum atomic E-state index is -1.41. The topological polar surface area (TPSA) is 18.5 Å². The summed E-state index contributed by atoms with van der Waals surface area (Å²) >= 11 is 0. The van der Waals surface area contributed by atoms with Crippen LogP contribution in [-0.4, -0.2) is 16.6 Å². The van der Waals surface area contributed by atoms with E-state index in [-0.39, 0.29) is 0 Å². The van der Waals surface area contributed by atoms with E-state index < -0.39 is 16.6 Å². The van der Waals surface area contributed by atoms with Crippen LogP contribution in [0.1, 0.15) is 11.1 Å². The van der Waals surface area contributed by atoms with E-state index in [0.29, 0.717) is 0 Å². The summed E-state index contributed by atoms with van der Waals surface area (Å²) in [4.78, 5) is 0. The molecular weight excluding hydrogens is 256 g/mol. The van der Waals surface area contributed by atoms with E-state index in [4.69, 9.17) is 8.85 Å². The molecule has 0 unspecified atom stereocenters. The van der Waals surface area contributed by atoms with Gasteiger partial charge in [0.25, 0.3) is 0 Å². The van der Waals surface area contributed by atoms with Crippen molar-refractivity contribution in [3.8, 4) is 0 Å². The van der Waals surface area contributed by atoms with Crippen molar-refractivity contribution in [2.75, 3.05) is 0 Å². The summed E-state index contributed by atoms with van der Waals surface area (Å²) in [5.74, 6) is 0. The Bertz CT molecular complexity index is 324. The summed E-state index contributed by atoms with van der Waals surface area (Å²) in [5.41, 5.74) is 2.49. The van der Waals surface area contributed by atoms with E-state index in [0.717, 1.165) is 13.2 Å². The van der Waals surface area contributed by atoms with Gasteiger partial charge in [-0.2, -0.15) is 0 Å². The van der Waals surface area contributed by atoms with Crippen LogP contribution in [0.4, 0.5) is 0 Å². The van der Waals surface area contributed by atoms with Gasteiger partial charge < -0.3 is 8.85 Å². The Morgan fingerprint density at radius 2 is 0.944 bits per heavy atom. The van der Waals surface area contributed by atoms with Crippen molar-refractivity contribution in [2.24, 2.45) is 0 Å². The van der Waals surface area contributed by atoms with Gasteiger partial charge >= 0.3 is 0 Å². The third kappa shape index (κ3) is 7.11. The highest BCUT2D eigenvalue weighted by Crippen LogP contribution is 2.13. The molecule has 0 heterocycles. The molecule has 1 aromatic rings. The molecule has 0 aliphatic carbocycles. The smallest absolute Gasteiger partial charge is 0.184 e. The molecule has 0 bridgehead atoms. The molecule has 0 radical (unpaired) electrons. The van der Waals surface area contributed by atoms with Gasteiger partial charge in [0.2, 0.25) is 0 Å². The fourth-order valence-corrected chi connectivity index (χ4v) is 2.53. The summed E-state index contributed by atoms with van der Waals surface area (Å²) in [7, 11) is -2.83. The minimum Gasteiger partial charge on any atom is -0.413 e. The first-order valence-corrected chi connectivity index (χ1v) is 13.3. The van der Waals surface area contributed by atoms with E-state index in [1.165, 1.54) is 11.1 Å². The number of rotatable bonds is 6. The first-order valence-electron chi connectivity index (χ1n) is 6.51. The molecule has 0 N–H and O–H groups in total. The average Bonchev–Trinajstić information content (AvgIpc) is 2.23. The second kappa shape index (κ2) is 6.15. The third-order valence-corrected chi connectivity index (χ3v) is 4.39. The molecule has 0 fully saturated rings. The minimum absolute atomic E-state index is 0.727. The SMILES string of the molecule is C[Si](C)(C)OCc1ccc(CO[Si](C)(C)C)cc1. The third-order valence-electron chi connectivity index (χ3n) is 2.37. The molecule has 0 aliphatic rings. The van der Waals surface area contributed by atoms with Crippen molar-refractivity contribution in [3.63, 3.8) is 0 Å². The fourth-order valence-electron chi connectivity index (χ4n) is 1.33. The molecule has 18 heavy (non-hydrogen) atoms. The molecule has 0 spiro atoms. The van der Waals surface area contributed by atoms with Gasteiger partial charge in [0.05, 0.1) is 13.2 Å². The molecule has 1 rings (SSSR count).